The summed E-state index contributed by atoms with van der Waals surface area (Å²) in [6, 6.07) is -6.41. The van der Waals surface area contributed by atoms with Crippen LogP contribution < -0.4 is 96.5 Å². The van der Waals surface area contributed by atoms with Crippen LogP contribution in [0.3, 0.4) is 0 Å². The van der Waals surface area contributed by atoms with Crippen LogP contribution in [0.15, 0.2) is 60.0 Å². The van der Waals surface area contributed by atoms with Gasteiger partial charge in [-0.3, -0.25) is 102 Å². The number of thiophene rings is 1. The number of aliphatic carboxylic acids is 4. The number of hydrogen-bond donors (Lipinski definition) is 26. The Labute approximate surface area is 694 Å². The summed E-state index contributed by atoms with van der Waals surface area (Å²) < 4.78 is 0. The summed E-state index contributed by atoms with van der Waals surface area (Å²) in [4.78, 5) is 257. The summed E-state index contributed by atoms with van der Waals surface area (Å²) in [7, 11) is 0. The van der Waals surface area contributed by atoms with E-state index in [-0.39, 0.29) is 102 Å². The number of guanidine groups is 1. The van der Waals surface area contributed by atoms with E-state index in [0.717, 1.165) is 23.1 Å². The van der Waals surface area contributed by atoms with Crippen molar-refractivity contribution in [3.63, 3.8) is 0 Å². The lowest BCUT2D eigenvalue weighted by atomic mass is 9.97. The minimum absolute atomic E-state index is 0.0139. The van der Waals surface area contributed by atoms with Gasteiger partial charge in [-0.2, -0.15) is 0 Å². The van der Waals surface area contributed by atoms with E-state index in [2.05, 4.69) is 85.1 Å². The predicted molar refractivity (Wildman–Crippen MR) is 427 cm³/mol. The van der Waals surface area contributed by atoms with Crippen LogP contribution in [0.1, 0.15) is 114 Å². The SMILES string of the molecule is CC[C@H](C)C1NC(=O)[C@H](CC(=O)O)NC(=O)CCSC(=N)c2cc(cs2)NC(=O)CNC(=O)[C@H](CCCNC(=N)N)NC(=O)[C@H](CC(=O)O)NC(=O)CNC(=O)[C@H](CC(=O)O)NC(=O)[C@H](CCCCN)NC(=O)[C@H](Cc2ccc(O)cc2)NC(=O)[C@H](CC(=O)O)NC(=O)[C@H](Cc2ccc(O)cc2)NC(=O)C(C(C)C)NC(=O)CNC(=O)CNC1=O. The molecule has 2 bridgehead atoms. The Bertz CT molecular complexity index is 4210. The summed E-state index contributed by atoms with van der Waals surface area (Å²) in [6.07, 6.45) is -6.04. The molecule has 4 rings (SSSR count). The van der Waals surface area contributed by atoms with Crippen molar-refractivity contribution in [1.29, 1.82) is 10.8 Å². The zero-order valence-electron chi connectivity index (χ0n) is 65.8. The first-order valence-electron chi connectivity index (χ1n) is 37.6. The zero-order valence-corrected chi connectivity index (χ0v) is 67.4. The van der Waals surface area contributed by atoms with Gasteiger partial charge in [0.15, 0.2) is 5.96 Å². The van der Waals surface area contributed by atoms with Gasteiger partial charge >= 0.3 is 23.9 Å². The molecule has 15 amide bonds. The lowest BCUT2D eigenvalue weighted by Gasteiger charge is -2.28. The van der Waals surface area contributed by atoms with Crippen molar-refractivity contribution in [1.82, 2.24) is 79.8 Å². The molecule has 3 aromatic rings. The Balaban J connectivity index is 1.76. The number of rotatable bonds is 23. The van der Waals surface area contributed by atoms with E-state index in [9.17, 15) is 122 Å². The normalized spacial score (nSPS) is 22.3. The molecule has 28 N–H and O–H groups in total. The Morgan fingerprint density at radius 3 is 1.38 bits per heavy atom. The highest BCUT2D eigenvalue weighted by molar-refractivity contribution is 8.14. The van der Waals surface area contributed by atoms with Gasteiger partial charge in [0.25, 0.3) is 0 Å². The van der Waals surface area contributed by atoms with Crippen molar-refractivity contribution in [2.75, 3.05) is 50.3 Å². The van der Waals surface area contributed by atoms with Crippen LogP contribution in [0.25, 0.3) is 0 Å². The number of amides is 15. The van der Waals surface area contributed by atoms with E-state index in [1.54, 1.807) is 13.8 Å². The Morgan fingerprint density at radius 2 is 0.875 bits per heavy atom. The highest BCUT2D eigenvalue weighted by atomic mass is 32.2. The molecular weight excluding hydrogens is 1620 g/mol. The molecule has 2 aromatic carbocycles. The van der Waals surface area contributed by atoms with Crippen LogP contribution in [0, 0.1) is 22.7 Å². The van der Waals surface area contributed by atoms with Gasteiger partial charge in [0.1, 0.15) is 77.0 Å². The first-order chi connectivity index (χ1) is 56.6. The summed E-state index contributed by atoms with van der Waals surface area (Å²) in [5.41, 5.74) is 11.7. The van der Waals surface area contributed by atoms with Crippen LogP contribution in [0.2, 0.25) is 0 Å². The fourth-order valence-electron chi connectivity index (χ4n) is 11.2. The highest BCUT2D eigenvalue weighted by Gasteiger charge is 2.38. The zero-order chi connectivity index (χ0) is 89.5. The number of fused-ring (bicyclic) bond motifs is 2. The van der Waals surface area contributed by atoms with E-state index >= 15 is 0 Å². The number of phenols is 2. The molecule has 656 valence electrons. The Kier molecular flexibility index (Phi) is 41.8. The number of unbranched alkanes of at least 4 members (excludes halogenated alkanes) is 1. The maximum atomic E-state index is 14.7. The van der Waals surface area contributed by atoms with Gasteiger partial charge in [0, 0.05) is 36.9 Å². The molecule has 0 fully saturated rings. The molecule has 0 saturated heterocycles. The molecule has 1 aromatic heterocycles. The van der Waals surface area contributed by atoms with Crippen molar-refractivity contribution < 1.29 is 122 Å². The number of carboxylic acid groups (broad SMARTS) is 4. The second-order valence-corrected chi connectivity index (χ2v) is 29.8. The molecule has 120 heavy (non-hydrogen) atoms. The van der Waals surface area contributed by atoms with Crippen LogP contribution >= 0.6 is 23.1 Å². The fourth-order valence-corrected chi connectivity index (χ4v) is 12.9. The molecule has 45 nitrogen and oxygen atoms in total. The number of thioether (sulfide) groups is 1. The van der Waals surface area contributed by atoms with Crippen LogP contribution in [-0.2, 0) is 104 Å². The Morgan fingerprint density at radius 1 is 0.475 bits per heavy atom. The molecular formula is C73H102N20O25S2. The number of nitrogens with one attached hydrogen (secondary N) is 18. The number of carbonyl (C=O) groups is 19. The molecule has 0 aliphatic carbocycles. The molecule has 0 spiro atoms. The topological polar surface area (TPSA) is 738 Å². The number of aromatic hydroxyl groups is 2. The minimum Gasteiger partial charge on any atom is -0.508 e. The fraction of sp³-hybridized carbons (Fsp3) is 0.493. The van der Waals surface area contributed by atoms with Crippen molar-refractivity contribution in [3.05, 3.63) is 76.0 Å². The van der Waals surface area contributed by atoms with Crippen molar-refractivity contribution in [2.24, 2.45) is 23.3 Å². The summed E-state index contributed by atoms with van der Waals surface area (Å²) in [5, 5.41) is 115. The largest absolute Gasteiger partial charge is 0.508 e. The van der Waals surface area contributed by atoms with E-state index in [1.807, 2.05) is 0 Å². The van der Waals surface area contributed by atoms with Crippen LogP contribution in [0.5, 0.6) is 11.5 Å². The van der Waals surface area contributed by atoms with Gasteiger partial charge in [-0.15, -0.1) is 23.1 Å². The standard InChI is InChI=1S/C73H102N20O25S2/c1-5-36(4)61-71(117)82-30-52(97)79-31-55(100)92-60(35(2)3)72(118)91-45(24-38-13-17-41(95)18-14-38)67(113)90-49(29-59(107)108)69(115)88-44(23-37-11-15-40(94)16-12-37)66(112)87-43(9-6-7-20-74)65(111)89-46(26-56(101)102)64(110)81-33-54(99)85-47(27-57(103)104)68(114)86-42(10-8-21-78-73(76)77)63(109)80-32-53(98)83-39-25-50(120-34-39)62(75)119-22-19-51(96)84-48(28-58(105)106)70(116)93-61/h11-18,25,34-36,42-49,60-61,75,94-95H,5-10,19-24,26-33,74H2,1-4H3,(H,79,97)(H,80,109)(H,81,110)(H,82,117)(H,83,98)(H,84,96)(H,85,99)(H,86,114)(H,87,112)(H,88,115)(H,89,111)(H,90,113)(H,91,118)(H,92,100)(H,93,116)(H,101,102)(H,103,104)(H,105,106)(H,107,108)(H4,76,77,78)/t36-,42-,43-,44-,45-,46-,47-,48-,49-,60?,61?/m0/s1. The van der Waals surface area contributed by atoms with E-state index in [0.29, 0.717) is 0 Å². The molecule has 2 heterocycles. The predicted octanol–water partition coefficient (Wildman–Crippen LogP) is -5.65. The molecule has 0 saturated carbocycles. The lowest BCUT2D eigenvalue weighted by Crippen LogP contribution is -2.61. The summed E-state index contributed by atoms with van der Waals surface area (Å²) in [6.45, 7) is 2.56. The molecule has 11 atom stereocenters. The lowest BCUT2D eigenvalue weighted by molar-refractivity contribution is -0.142. The van der Waals surface area contributed by atoms with E-state index in [1.165, 1.54) is 73.8 Å². The summed E-state index contributed by atoms with van der Waals surface area (Å²) in [5.74, 6) is -26.1. The van der Waals surface area contributed by atoms with Crippen molar-refractivity contribution in [2.45, 2.75) is 172 Å². The first-order valence-corrected chi connectivity index (χ1v) is 39.4. The summed E-state index contributed by atoms with van der Waals surface area (Å²) >= 11 is 1.82. The van der Waals surface area contributed by atoms with E-state index < -0.39 is 255 Å². The molecule has 2 unspecified atom stereocenters. The minimum atomic E-state index is -2.13. The third kappa shape index (κ3) is 36.6. The van der Waals surface area contributed by atoms with Gasteiger partial charge in [-0.25, -0.2) is 0 Å². The van der Waals surface area contributed by atoms with Gasteiger partial charge < -0.3 is 127 Å². The molecule has 47 heteroatoms. The molecule has 0 radical (unpaired) electrons. The van der Waals surface area contributed by atoms with Crippen LogP contribution in [0.4, 0.5) is 5.69 Å². The van der Waals surface area contributed by atoms with Crippen molar-refractivity contribution >= 4 is 152 Å². The number of phenolic OH excluding ortho intramolecular Hbond substituents is 2. The number of anilines is 1. The average molecular weight is 1720 g/mol. The maximum Gasteiger partial charge on any atom is 0.305 e. The second kappa shape index (κ2) is 50.5. The quantitative estimate of drug-likeness (QED) is 0.0239. The van der Waals surface area contributed by atoms with E-state index in [4.69, 9.17) is 22.3 Å². The number of carboxylic acids is 4. The van der Waals surface area contributed by atoms with Gasteiger partial charge in [-0.05, 0) is 91.9 Å². The van der Waals surface area contributed by atoms with Crippen LogP contribution in [-0.4, -0.2) is 260 Å². The van der Waals surface area contributed by atoms with Gasteiger partial charge in [-0.1, -0.05) is 58.4 Å². The average Bonchev–Trinajstić information content (AvgIpc) is 0.994. The molecule has 1 aliphatic rings. The number of hydrogen-bond acceptors (Lipinski definition) is 26. The third-order valence-electron chi connectivity index (χ3n) is 17.8. The number of nitrogens with two attached hydrogens (primary N) is 2. The second-order valence-electron chi connectivity index (χ2n) is 27.8. The molecule has 1 aliphatic heterocycles. The number of benzene rings is 2. The first kappa shape index (κ1) is 99.3. The van der Waals surface area contributed by atoms with Gasteiger partial charge in [0.05, 0.1) is 62.4 Å². The Hall–Kier alpha value is -13.1. The monoisotopic (exact) mass is 1720 g/mol. The highest BCUT2D eigenvalue weighted by Crippen LogP contribution is 2.25. The maximum absolute atomic E-state index is 14.7. The third-order valence-corrected chi connectivity index (χ3v) is 19.8. The smallest absolute Gasteiger partial charge is 0.305 e. The van der Waals surface area contributed by atoms with Gasteiger partial charge in [0.2, 0.25) is 88.6 Å². The number of carbonyl (C=O) groups excluding carboxylic acids is 15. The van der Waals surface area contributed by atoms with Crippen molar-refractivity contribution in [3.8, 4) is 11.5 Å².